The molecule has 1 aromatic heterocycles. The Labute approximate surface area is 140 Å². The molecule has 0 spiro atoms. The van der Waals surface area contributed by atoms with Gasteiger partial charge in [0.15, 0.2) is 0 Å². The summed E-state index contributed by atoms with van der Waals surface area (Å²) in [6, 6.07) is 13.6. The molecule has 0 saturated carbocycles. The molecule has 1 atom stereocenters. The molecule has 0 aliphatic carbocycles. The lowest BCUT2D eigenvalue weighted by Crippen LogP contribution is -2.00. The highest BCUT2D eigenvalue weighted by atomic mass is 35.5. The van der Waals surface area contributed by atoms with E-state index in [0.29, 0.717) is 17.1 Å². The van der Waals surface area contributed by atoms with Gasteiger partial charge in [0.1, 0.15) is 12.1 Å². The number of aromatic nitrogens is 1. The number of nitrogens with zero attached hydrogens (tertiary/aromatic N) is 1. The van der Waals surface area contributed by atoms with Crippen LogP contribution in [0.4, 0.5) is 4.39 Å². The van der Waals surface area contributed by atoms with Gasteiger partial charge in [0.05, 0.1) is 17.2 Å². The first-order valence-electron chi connectivity index (χ1n) is 6.90. The summed E-state index contributed by atoms with van der Waals surface area (Å²) in [5.41, 5.74) is 2.13. The smallest absolute Gasteiger partial charge is 0.226 e. The van der Waals surface area contributed by atoms with Gasteiger partial charge in [0, 0.05) is 21.4 Å². The quantitative estimate of drug-likeness (QED) is 0.677. The summed E-state index contributed by atoms with van der Waals surface area (Å²) < 4.78 is 30.7. The minimum atomic E-state index is -1.21. The van der Waals surface area contributed by atoms with Crippen molar-refractivity contribution in [1.82, 2.24) is 4.98 Å². The molecule has 0 fully saturated rings. The second kappa shape index (κ2) is 7.06. The molecule has 118 valence electrons. The van der Waals surface area contributed by atoms with E-state index in [9.17, 15) is 8.60 Å². The van der Waals surface area contributed by atoms with Crippen LogP contribution in [-0.2, 0) is 22.3 Å². The second-order valence-corrected chi connectivity index (χ2v) is 6.84. The zero-order valence-electron chi connectivity index (χ0n) is 12.0. The van der Waals surface area contributed by atoms with E-state index in [1.807, 2.05) is 30.3 Å². The van der Waals surface area contributed by atoms with Gasteiger partial charge in [-0.15, -0.1) is 0 Å². The molecular weight excluding hydrogens is 337 g/mol. The predicted octanol–water partition coefficient (Wildman–Crippen LogP) is 4.58. The standard InChI is InChI=1S/C17H13ClFNO2S/c18-16-8-14(19)7-6-13(16)10-23(21)11-15-9-22-17(20-15)12-4-2-1-3-5-12/h1-9H,10-11H2/t23-/m1/s1. The van der Waals surface area contributed by atoms with Crippen molar-refractivity contribution in [1.29, 1.82) is 0 Å². The molecule has 0 aliphatic heterocycles. The van der Waals surface area contributed by atoms with Gasteiger partial charge in [0.25, 0.3) is 0 Å². The average Bonchev–Trinajstić information content (AvgIpc) is 2.99. The summed E-state index contributed by atoms with van der Waals surface area (Å²) >= 11 is 5.95. The third-order valence-corrected chi connectivity index (χ3v) is 4.82. The first kappa shape index (κ1) is 15.9. The maximum absolute atomic E-state index is 13.0. The van der Waals surface area contributed by atoms with E-state index in [4.69, 9.17) is 16.0 Å². The van der Waals surface area contributed by atoms with Crippen molar-refractivity contribution >= 4 is 22.4 Å². The number of hydrogen-bond donors (Lipinski definition) is 0. The molecule has 2 aromatic carbocycles. The monoisotopic (exact) mass is 349 g/mol. The molecular formula is C17H13ClFNO2S. The number of hydrogen-bond acceptors (Lipinski definition) is 3. The van der Waals surface area contributed by atoms with Crippen molar-refractivity contribution in [2.45, 2.75) is 11.5 Å². The molecule has 23 heavy (non-hydrogen) atoms. The molecule has 3 rings (SSSR count). The zero-order chi connectivity index (χ0) is 16.2. The molecule has 0 bridgehead atoms. The summed E-state index contributed by atoms with van der Waals surface area (Å²) in [6.45, 7) is 0. The first-order valence-corrected chi connectivity index (χ1v) is 8.77. The van der Waals surface area contributed by atoms with Gasteiger partial charge < -0.3 is 4.42 Å². The Kier molecular flexibility index (Phi) is 4.88. The Bertz CT molecular complexity index is 836. The molecule has 3 nitrogen and oxygen atoms in total. The maximum atomic E-state index is 13.0. The largest absolute Gasteiger partial charge is 0.444 e. The fourth-order valence-electron chi connectivity index (χ4n) is 2.11. The van der Waals surface area contributed by atoms with Crippen LogP contribution in [0.5, 0.6) is 0 Å². The number of benzene rings is 2. The van der Waals surface area contributed by atoms with Crippen LogP contribution < -0.4 is 0 Å². The Hall–Kier alpha value is -1.98. The van der Waals surface area contributed by atoms with Crippen LogP contribution in [-0.4, -0.2) is 9.19 Å². The van der Waals surface area contributed by atoms with Gasteiger partial charge in [-0.1, -0.05) is 35.9 Å². The molecule has 0 unspecified atom stereocenters. The number of halogens is 2. The van der Waals surface area contributed by atoms with Crippen molar-refractivity contribution in [3.63, 3.8) is 0 Å². The molecule has 0 amide bonds. The lowest BCUT2D eigenvalue weighted by atomic mass is 10.2. The Morgan fingerprint density at radius 1 is 1.13 bits per heavy atom. The summed E-state index contributed by atoms with van der Waals surface area (Å²) in [5.74, 6) is 0.586. The lowest BCUT2D eigenvalue weighted by molar-refractivity contribution is 0.573. The van der Waals surface area contributed by atoms with Crippen molar-refractivity contribution < 1.29 is 13.0 Å². The van der Waals surface area contributed by atoms with E-state index in [2.05, 4.69) is 4.98 Å². The predicted molar refractivity (Wildman–Crippen MR) is 88.9 cm³/mol. The van der Waals surface area contributed by atoms with Crippen molar-refractivity contribution in [3.05, 3.63) is 76.9 Å². The van der Waals surface area contributed by atoms with Crippen LogP contribution in [0.15, 0.2) is 59.2 Å². The normalized spacial score (nSPS) is 12.3. The van der Waals surface area contributed by atoms with Gasteiger partial charge in [-0.05, 0) is 29.8 Å². The molecule has 1 heterocycles. The Morgan fingerprint density at radius 3 is 2.65 bits per heavy atom. The third-order valence-electron chi connectivity index (χ3n) is 3.21. The van der Waals surface area contributed by atoms with Crippen LogP contribution in [0.2, 0.25) is 5.02 Å². The van der Waals surface area contributed by atoms with E-state index in [1.54, 1.807) is 6.07 Å². The summed E-state index contributed by atoms with van der Waals surface area (Å²) in [4.78, 5) is 4.35. The third kappa shape index (κ3) is 4.06. The lowest BCUT2D eigenvalue weighted by Gasteiger charge is -2.03. The number of rotatable bonds is 5. The van der Waals surface area contributed by atoms with Crippen molar-refractivity contribution in [3.8, 4) is 11.5 Å². The van der Waals surface area contributed by atoms with E-state index in [1.165, 1.54) is 18.4 Å². The fraction of sp³-hybridized carbons (Fsp3) is 0.118. The van der Waals surface area contributed by atoms with Gasteiger partial charge in [-0.25, -0.2) is 9.37 Å². The van der Waals surface area contributed by atoms with E-state index in [-0.39, 0.29) is 16.5 Å². The SMILES string of the molecule is O=[S@@](Cc1coc(-c2ccccc2)n1)Cc1ccc(F)cc1Cl. The summed E-state index contributed by atoms with van der Waals surface area (Å²) in [7, 11) is -1.21. The van der Waals surface area contributed by atoms with Crippen LogP contribution in [0.25, 0.3) is 11.5 Å². The van der Waals surface area contributed by atoms with Gasteiger partial charge >= 0.3 is 0 Å². The van der Waals surface area contributed by atoms with E-state index in [0.717, 1.165) is 5.56 Å². The molecule has 0 aliphatic rings. The molecule has 6 heteroatoms. The Balaban J connectivity index is 1.68. The first-order chi connectivity index (χ1) is 11.1. The van der Waals surface area contributed by atoms with Gasteiger partial charge in [-0.3, -0.25) is 4.21 Å². The van der Waals surface area contributed by atoms with Crippen molar-refractivity contribution in [2.75, 3.05) is 0 Å². The van der Waals surface area contributed by atoms with Crippen molar-refractivity contribution in [2.24, 2.45) is 0 Å². The molecule has 0 N–H and O–H groups in total. The van der Waals surface area contributed by atoms with Crippen LogP contribution >= 0.6 is 11.6 Å². The Morgan fingerprint density at radius 2 is 1.91 bits per heavy atom. The topological polar surface area (TPSA) is 43.1 Å². The van der Waals surface area contributed by atoms with Crippen LogP contribution in [0, 0.1) is 5.82 Å². The molecule has 3 aromatic rings. The van der Waals surface area contributed by atoms with Crippen LogP contribution in [0.1, 0.15) is 11.3 Å². The minimum absolute atomic E-state index is 0.243. The zero-order valence-corrected chi connectivity index (χ0v) is 13.6. The molecule has 0 saturated heterocycles. The van der Waals surface area contributed by atoms with E-state index < -0.39 is 16.6 Å². The van der Waals surface area contributed by atoms with Crippen LogP contribution in [0.3, 0.4) is 0 Å². The van der Waals surface area contributed by atoms with E-state index >= 15 is 0 Å². The minimum Gasteiger partial charge on any atom is -0.444 e. The summed E-state index contributed by atoms with van der Waals surface area (Å²) in [6.07, 6.45) is 1.51. The van der Waals surface area contributed by atoms with Gasteiger partial charge in [-0.2, -0.15) is 0 Å². The van der Waals surface area contributed by atoms with Gasteiger partial charge in [0.2, 0.25) is 5.89 Å². The second-order valence-electron chi connectivity index (χ2n) is 4.97. The fourth-order valence-corrected chi connectivity index (χ4v) is 3.59. The average molecular weight is 350 g/mol. The highest BCUT2D eigenvalue weighted by molar-refractivity contribution is 7.83. The maximum Gasteiger partial charge on any atom is 0.226 e. The molecule has 0 radical (unpaired) electrons. The number of oxazole rings is 1. The highest BCUT2D eigenvalue weighted by Crippen LogP contribution is 2.21. The highest BCUT2D eigenvalue weighted by Gasteiger charge is 2.11. The summed E-state index contributed by atoms with van der Waals surface area (Å²) in [5, 5.41) is 0.281.